The summed E-state index contributed by atoms with van der Waals surface area (Å²) in [4.78, 5) is 4.41. The first-order valence-electron chi connectivity index (χ1n) is 5.99. The second-order valence-electron chi connectivity index (χ2n) is 4.56. The summed E-state index contributed by atoms with van der Waals surface area (Å²) in [5.41, 5.74) is 1.68. The minimum atomic E-state index is -0.240. The molecule has 0 amide bonds. The molecule has 1 N–H and O–H groups in total. The molecule has 19 heavy (non-hydrogen) atoms. The van der Waals surface area contributed by atoms with Crippen molar-refractivity contribution in [1.82, 2.24) is 14.8 Å². The van der Waals surface area contributed by atoms with Crippen LogP contribution in [0.25, 0.3) is 10.2 Å². The Morgan fingerprint density at radius 2 is 2.21 bits per heavy atom. The molecule has 0 saturated carbocycles. The molecule has 2 heterocycles. The number of anilines is 2. The number of benzene rings is 1. The number of hydrogen-bond donors (Lipinski definition) is 1. The van der Waals surface area contributed by atoms with Gasteiger partial charge in [0.25, 0.3) is 0 Å². The van der Waals surface area contributed by atoms with Crippen molar-refractivity contribution in [2.24, 2.45) is 0 Å². The zero-order valence-electron chi connectivity index (χ0n) is 10.6. The third kappa shape index (κ3) is 2.44. The van der Waals surface area contributed by atoms with E-state index in [0.29, 0.717) is 6.04 Å². The maximum atomic E-state index is 13.1. The van der Waals surface area contributed by atoms with Crippen molar-refractivity contribution in [1.29, 1.82) is 0 Å². The van der Waals surface area contributed by atoms with Gasteiger partial charge in [-0.15, -0.1) is 0 Å². The Bertz CT molecular complexity index is 716. The normalized spacial score (nSPS) is 11.4. The molecule has 0 spiro atoms. The van der Waals surface area contributed by atoms with Crippen LogP contribution in [0.1, 0.15) is 19.9 Å². The predicted octanol–water partition coefficient (Wildman–Crippen LogP) is 3.96. The fourth-order valence-electron chi connectivity index (χ4n) is 1.76. The minimum Gasteiger partial charge on any atom is -0.329 e. The molecule has 0 saturated heterocycles. The Morgan fingerprint density at radius 3 is 2.95 bits per heavy atom. The quantitative estimate of drug-likeness (QED) is 0.787. The molecule has 6 heteroatoms. The smallest absolute Gasteiger partial charge is 0.188 e. The Kier molecular flexibility index (Phi) is 2.94. The molecule has 0 unspecified atom stereocenters. The highest BCUT2D eigenvalue weighted by Crippen LogP contribution is 2.28. The minimum absolute atomic E-state index is 0.240. The van der Waals surface area contributed by atoms with Gasteiger partial charge < -0.3 is 5.32 Å². The Hall–Kier alpha value is -1.95. The third-order valence-corrected chi connectivity index (χ3v) is 3.67. The van der Waals surface area contributed by atoms with Gasteiger partial charge in [-0.05, 0) is 32.0 Å². The Balaban J connectivity index is 1.87. The average molecular weight is 276 g/mol. The maximum Gasteiger partial charge on any atom is 0.188 e. The van der Waals surface area contributed by atoms with Gasteiger partial charge in [-0.25, -0.2) is 9.37 Å². The van der Waals surface area contributed by atoms with Crippen molar-refractivity contribution in [3.05, 3.63) is 36.4 Å². The summed E-state index contributed by atoms with van der Waals surface area (Å²) in [6.07, 6.45) is 3.68. The van der Waals surface area contributed by atoms with Crippen LogP contribution in [-0.2, 0) is 0 Å². The van der Waals surface area contributed by atoms with Crippen LogP contribution in [0.4, 0.5) is 15.2 Å². The molecule has 1 aromatic carbocycles. The van der Waals surface area contributed by atoms with Crippen LogP contribution in [-0.4, -0.2) is 14.8 Å². The van der Waals surface area contributed by atoms with E-state index in [1.54, 1.807) is 12.3 Å². The Morgan fingerprint density at radius 1 is 1.37 bits per heavy atom. The first-order chi connectivity index (χ1) is 9.11. The van der Waals surface area contributed by atoms with Gasteiger partial charge in [-0.1, -0.05) is 11.3 Å². The fourth-order valence-corrected chi connectivity index (χ4v) is 2.67. The molecule has 3 rings (SSSR count). The van der Waals surface area contributed by atoms with E-state index in [4.69, 9.17) is 0 Å². The van der Waals surface area contributed by atoms with Crippen LogP contribution in [0, 0.1) is 5.82 Å². The standard InChI is InChI=1S/C13H13FN4S/c1-8(2)18-7-10(6-15-18)16-13-17-11-4-3-9(14)5-12(11)19-13/h3-8H,1-2H3,(H,16,17). The molecule has 0 bridgehead atoms. The van der Waals surface area contributed by atoms with E-state index in [0.717, 1.165) is 21.0 Å². The molecule has 0 aliphatic rings. The summed E-state index contributed by atoms with van der Waals surface area (Å²) in [6.45, 7) is 4.13. The molecule has 98 valence electrons. The van der Waals surface area contributed by atoms with Crippen molar-refractivity contribution in [3.8, 4) is 0 Å². The Labute approximate surface area is 113 Å². The lowest BCUT2D eigenvalue weighted by Gasteiger charge is -2.03. The lowest BCUT2D eigenvalue weighted by Crippen LogP contribution is -1.99. The van der Waals surface area contributed by atoms with Crippen molar-refractivity contribution in [3.63, 3.8) is 0 Å². The number of halogens is 1. The summed E-state index contributed by atoms with van der Waals surface area (Å²) >= 11 is 1.42. The lowest BCUT2D eigenvalue weighted by molar-refractivity contribution is 0.532. The van der Waals surface area contributed by atoms with Gasteiger partial charge in [0.2, 0.25) is 0 Å². The molecule has 0 aliphatic carbocycles. The second-order valence-corrected chi connectivity index (χ2v) is 5.59. The largest absolute Gasteiger partial charge is 0.329 e. The third-order valence-electron chi connectivity index (χ3n) is 2.73. The molecule has 0 aliphatic heterocycles. The van der Waals surface area contributed by atoms with Gasteiger partial charge in [-0.2, -0.15) is 5.10 Å². The first kappa shape index (κ1) is 12.1. The van der Waals surface area contributed by atoms with E-state index in [-0.39, 0.29) is 5.82 Å². The van der Waals surface area contributed by atoms with E-state index in [2.05, 4.69) is 29.2 Å². The number of fused-ring (bicyclic) bond motifs is 1. The molecule has 3 aromatic rings. The summed E-state index contributed by atoms with van der Waals surface area (Å²) in [6, 6.07) is 4.92. The van der Waals surface area contributed by atoms with Crippen molar-refractivity contribution in [2.75, 3.05) is 5.32 Å². The number of nitrogens with one attached hydrogen (secondary N) is 1. The van der Waals surface area contributed by atoms with Crippen molar-refractivity contribution < 1.29 is 4.39 Å². The van der Waals surface area contributed by atoms with Crippen LogP contribution >= 0.6 is 11.3 Å². The highest BCUT2D eigenvalue weighted by Gasteiger charge is 2.07. The summed E-state index contributed by atoms with van der Waals surface area (Å²) < 4.78 is 15.8. The fraction of sp³-hybridized carbons (Fsp3) is 0.231. The van der Waals surface area contributed by atoms with Gasteiger partial charge in [0.1, 0.15) is 5.82 Å². The number of thiazole rings is 1. The molecule has 4 nitrogen and oxygen atoms in total. The van der Waals surface area contributed by atoms with Crippen LogP contribution in [0.5, 0.6) is 0 Å². The molecule has 0 atom stereocenters. The number of aromatic nitrogens is 3. The summed E-state index contributed by atoms with van der Waals surface area (Å²) in [5.74, 6) is -0.240. The van der Waals surface area contributed by atoms with Gasteiger partial charge in [0.15, 0.2) is 5.13 Å². The second kappa shape index (κ2) is 4.62. The van der Waals surface area contributed by atoms with Crippen LogP contribution in [0.2, 0.25) is 0 Å². The van der Waals surface area contributed by atoms with Crippen LogP contribution in [0.15, 0.2) is 30.6 Å². The van der Waals surface area contributed by atoms with E-state index in [1.807, 2.05) is 10.9 Å². The SMILES string of the molecule is CC(C)n1cc(Nc2nc3ccc(F)cc3s2)cn1. The predicted molar refractivity (Wildman–Crippen MR) is 75.5 cm³/mol. The van der Waals surface area contributed by atoms with E-state index in [1.165, 1.54) is 23.5 Å². The number of nitrogens with zero attached hydrogens (tertiary/aromatic N) is 3. The van der Waals surface area contributed by atoms with Crippen LogP contribution < -0.4 is 5.32 Å². The van der Waals surface area contributed by atoms with E-state index in [9.17, 15) is 4.39 Å². The topological polar surface area (TPSA) is 42.7 Å². The molecular weight excluding hydrogens is 263 g/mol. The maximum absolute atomic E-state index is 13.1. The molecule has 2 aromatic heterocycles. The highest BCUT2D eigenvalue weighted by molar-refractivity contribution is 7.22. The number of hydrogen-bond acceptors (Lipinski definition) is 4. The zero-order chi connectivity index (χ0) is 13.4. The van der Waals surface area contributed by atoms with Gasteiger partial charge in [0, 0.05) is 12.2 Å². The summed E-state index contributed by atoms with van der Waals surface area (Å²) in [7, 11) is 0. The molecule has 0 fully saturated rings. The van der Waals surface area contributed by atoms with E-state index >= 15 is 0 Å². The number of rotatable bonds is 3. The van der Waals surface area contributed by atoms with Gasteiger partial charge >= 0.3 is 0 Å². The zero-order valence-corrected chi connectivity index (χ0v) is 11.4. The van der Waals surface area contributed by atoms with Crippen molar-refractivity contribution >= 4 is 32.4 Å². The lowest BCUT2D eigenvalue weighted by atomic mass is 10.3. The molecular formula is C13H13FN4S. The van der Waals surface area contributed by atoms with Crippen LogP contribution in [0.3, 0.4) is 0 Å². The monoisotopic (exact) mass is 276 g/mol. The average Bonchev–Trinajstić information content (AvgIpc) is 2.95. The first-order valence-corrected chi connectivity index (χ1v) is 6.81. The highest BCUT2D eigenvalue weighted by atomic mass is 32.1. The van der Waals surface area contributed by atoms with E-state index < -0.39 is 0 Å². The van der Waals surface area contributed by atoms with Gasteiger partial charge in [0.05, 0.1) is 22.1 Å². The molecule has 0 radical (unpaired) electrons. The van der Waals surface area contributed by atoms with Gasteiger partial charge in [-0.3, -0.25) is 4.68 Å². The van der Waals surface area contributed by atoms with Crippen molar-refractivity contribution in [2.45, 2.75) is 19.9 Å². The summed E-state index contributed by atoms with van der Waals surface area (Å²) in [5, 5.41) is 8.18.